The molecule has 25 heavy (non-hydrogen) atoms. The average molecular weight is 348 g/mol. The fourth-order valence-electron chi connectivity index (χ4n) is 5.67. The van der Waals surface area contributed by atoms with Crippen molar-refractivity contribution >= 4 is 5.97 Å². The van der Waals surface area contributed by atoms with Crippen LogP contribution in [-0.2, 0) is 19.0 Å². The molecular weight excluding hydrogens is 324 g/mol. The van der Waals surface area contributed by atoms with Gasteiger partial charge in [-0.3, -0.25) is 4.79 Å². The smallest absolute Gasteiger partial charge is 0.318 e. The van der Waals surface area contributed by atoms with Crippen LogP contribution in [0.25, 0.3) is 0 Å². The van der Waals surface area contributed by atoms with Crippen LogP contribution in [0, 0.1) is 16.7 Å². The zero-order valence-electron chi connectivity index (χ0n) is 14.3. The largest absolute Gasteiger partial charge is 0.468 e. The normalized spacial score (nSPS) is 36.7. The van der Waals surface area contributed by atoms with E-state index >= 15 is 0 Å². The predicted octanol–water partition coefficient (Wildman–Crippen LogP) is 1.41. The summed E-state index contributed by atoms with van der Waals surface area (Å²) in [6, 6.07) is 9.28. The molecular formula is C19H24O6. The van der Waals surface area contributed by atoms with E-state index in [1.807, 2.05) is 30.3 Å². The molecule has 4 atom stereocenters. The second-order valence-corrected chi connectivity index (χ2v) is 7.28. The van der Waals surface area contributed by atoms with E-state index in [2.05, 4.69) is 0 Å². The first kappa shape index (κ1) is 17.0. The van der Waals surface area contributed by atoms with Crippen molar-refractivity contribution in [2.24, 2.45) is 16.7 Å². The molecule has 3 aliphatic rings. The first-order valence-corrected chi connectivity index (χ1v) is 8.78. The highest BCUT2D eigenvalue weighted by Gasteiger charge is 2.84. The number of hydrogen-bond acceptors (Lipinski definition) is 6. The fraction of sp³-hybridized carbons (Fsp3) is 0.632. The van der Waals surface area contributed by atoms with Crippen LogP contribution in [0.2, 0.25) is 0 Å². The van der Waals surface area contributed by atoms with Gasteiger partial charge < -0.3 is 24.4 Å². The number of carbonyl (C=O) groups is 1. The number of methoxy groups -OCH3 is 1. The molecule has 1 heterocycles. The Labute approximate surface area is 146 Å². The van der Waals surface area contributed by atoms with Crippen molar-refractivity contribution < 1.29 is 29.2 Å². The van der Waals surface area contributed by atoms with Crippen LogP contribution in [0.5, 0.6) is 0 Å². The van der Waals surface area contributed by atoms with Gasteiger partial charge in [-0.15, -0.1) is 0 Å². The molecule has 0 amide bonds. The van der Waals surface area contributed by atoms with Gasteiger partial charge in [0.2, 0.25) is 0 Å². The first-order valence-electron chi connectivity index (χ1n) is 8.78. The van der Waals surface area contributed by atoms with E-state index in [0.717, 1.165) is 5.56 Å². The van der Waals surface area contributed by atoms with Gasteiger partial charge in [-0.25, -0.2) is 0 Å². The predicted molar refractivity (Wildman–Crippen MR) is 87.3 cm³/mol. The quantitative estimate of drug-likeness (QED) is 0.801. The molecule has 0 aromatic heterocycles. The molecule has 1 saturated heterocycles. The van der Waals surface area contributed by atoms with E-state index < -0.39 is 28.7 Å². The molecule has 0 bridgehead atoms. The maximum absolute atomic E-state index is 13.0. The van der Waals surface area contributed by atoms with Crippen molar-refractivity contribution in [2.45, 2.75) is 31.2 Å². The number of rotatable bonds is 4. The van der Waals surface area contributed by atoms with Crippen LogP contribution in [0.15, 0.2) is 30.3 Å². The van der Waals surface area contributed by atoms with E-state index in [1.165, 1.54) is 7.11 Å². The summed E-state index contributed by atoms with van der Waals surface area (Å²) in [4.78, 5) is 13.0. The summed E-state index contributed by atoms with van der Waals surface area (Å²) in [7, 11) is 1.35. The molecule has 2 N–H and O–H groups in total. The Kier molecular flexibility index (Phi) is 3.92. The van der Waals surface area contributed by atoms with Crippen molar-refractivity contribution in [3.05, 3.63) is 35.9 Å². The van der Waals surface area contributed by atoms with Gasteiger partial charge in [-0.2, -0.15) is 0 Å². The van der Waals surface area contributed by atoms with Crippen LogP contribution in [0.1, 0.15) is 30.9 Å². The molecule has 1 aromatic carbocycles. The lowest BCUT2D eigenvalue weighted by atomic mass is 9.41. The van der Waals surface area contributed by atoms with Crippen molar-refractivity contribution in [2.75, 3.05) is 26.9 Å². The van der Waals surface area contributed by atoms with E-state index in [4.69, 9.17) is 14.2 Å². The molecule has 6 heteroatoms. The number of ether oxygens (including phenoxy) is 3. The van der Waals surface area contributed by atoms with Gasteiger partial charge in [0.05, 0.1) is 26.4 Å². The fourth-order valence-corrected chi connectivity index (χ4v) is 5.67. The minimum absolute atomic E-state index is 0.0985. The lowest BCUT2D eigenvalue weighted by Crippen LogP contribution is -2.70. The van der Waals surface area contributed by atoms with Crippen LogP contribution < -0.4 is 0 Å². The van der Waals surface area contributed by atoms with Crippen molar-refractivity contribution in [3.8, 4) is 0 Å². The third-order valence-corrected chi connectivity index (χ3v) is 6.70. The van der Waals surface area contributed by atoms with Crippen LogP contribution in [0.3, 0.4) is 0 Å². The van der Waals surface area contributed by atoms with Crippen molar-refractivity contribution in [3.63, 3.8) is 0 Å². The molecule has 2 aliphatic carbocycles. The van der Waals surface area contributed by atoms with E-state index in [9.17, 15) is 15.0 Å². The van der Waals surface area contributed by atoms with Gasteiger partial charge in [-0.05, 0) is 24.3 Å². The summed E-state index contributed by atoms with van der Waals surface area (Å²) >= 11 is 0. The number of carbonyl (C=O) groups excluding carboxylic acids is 1. The van der Waals surface area contributed by atoms with Gasteiger partial charge in [-0.1, -0.05) is 30.3 Å². The average Bonchev–Trinajstić information content (AvgIpc) is 3.19. The SMILES string of the molecule is COC(=O)[C@@]12C[C@@H](CO)[C@]1([C@H](O)c1ccccc1)CCC21OCCO1. The number of hydrogen-bond donors (Lipinski definition) is 2. The second kappa shape index (κ2) is 5.77. The summed E-state index contributed by atoms with van der Waals surface area (Å²) in [5.74, 6) is -1.71. The molecule has 1 aromatic rings. The van der Waals surface area contributed by atoms with Gasteiger partial charge in [0, 0.05) is 18.4 Å². The Morgan fingerprint density at radius 2 is 1.96 bits per heavy atom. The minimum Gasteiger partial charge on any atom is -0.468 e. The van der Waals surface area contributed by atoms with Crippen LogP contribution >= 0.6 is 0 Å². The number of fused-ring (bicyclic) bond motifs is 2. The summed E-state index contributed by atoms with van der Waals surface area (Å²) in [6.07, 6.45) is 0.511. The molecule has 4 rings (SSSR count). The topological polar surface area (TPSA) is 85.2 Å². The minimum atomic E-state index is -1.10. The number of aliphatic hydroxyl groups excluding tert-OH is 2. The molecule has 1 aliphatic heterocycles. The monoisotopic (exact) mass is 348 g/mol. The Hall–Kier alpha value is -1.47. The lowest BCUT2D eigenvalue weighted by Gasteiger charge is -2.63. The highest BCUT2D eigenvalue weighted by atomic mass is 16.7. The Balaban J connectivity index is 1.86. The summed E-state index contributed by atoms with van der Waals surface area (Å²) in [5.41, 5.74) is -1.24. The highest BCUT2D eigenvalue weighted by molar-refractivity contribution is 5.82. The third kappa shape index (κ3) is 1.86. The van der Waals surface area contributed by atoms with Gasteiger partial charge >= 0.3 is 5.97 Å². The molecule has 0 unspecified atom stereocenters. The summed E-state index contributed by atoms with van der Waals surface area (Å²) in [6.45, 7) is 0.735. The molecule has 3 fully saturated rings. The van der Waals surface area contributed by atoms with Gasteiger partial charge in [0.15, 0.2) is 5.79 Å². The van der Waals surface area contributed by atoms with Gasteiger partial charge in [0.1, 0.15) is 5.41 Å². The summed E-state index contributed by atoms with van der Waals surface area (Å²) in [5, 5.41) is 21.3. The standard InChI is InChI=1S/C19H24O6/c1-23-16(22)18-11-14(12-20)17(18,7-8-19(18)24-9-10-25-19)15(21)13-5-3-2-4-6-13/h2-6,14-15,20-21H,7-12H2,1H3/t14-,15+,17-,18-/m0/s1. The Morgan fingerprint density at radius 3 is 2.56 bits per heavy atom. The number of benzene rings is 1. The third-order valence-electron chi connectivity index (χ3n) is 6.70. The number of esters is 1. The molecule has 6 nitrogen and oxygen atoms in total. The first-order chi connectivity index (χ1) is 12.1. The molecule has 1 spiro atoms. The number of aliphatic hydroxyl groups is 2. The second-order valence-electron chi connectivity index (χ2n) is 7.28. The molecule has 0 radical (unpaired) electrons. The maximum atomic E-state index is 13.0. The highest BCUT2D eigenvalue weighted by Crippen LogP contribution is 2.78. The maximum Gasteiger partial charge on any atom is 0.318 e. The zero-order valence-corrected chi connectivity index (χ0v) is 14.3. The van der Waals surface area contributed by atoms with E-state index in [1.54, 1.807) is 0 Å². The Bertz CT molecular complexity index is 655. The zero-order chi connectivity index (χ0) is 17.7. The lowest BCUT2D eigenvalue weighted by molar-refractivity contribution is -0.312. The van der Waals surface area contributed by atoms with Crippen LogP contribution in [-0.4, -0.2) is 48.9 Å². The Morgan fingerprint density at radius 1 is 1.28 bits per heavy atom. The summed E-state index contributed by atoms with van der Waals surface area (Å²) < 4.78 is 17.1. The van der Waals surface area contributed by atoms with Gasteiger partial charge in [0.25, 0.3) is 0 Å². The van der Waals surface area contributed by atoms with E-state index in [-0.39, 0.29) is 12.5 Å². The molecule has 2 saturated carbocycles. The van der Waals surface area contributed by atoms with E-state index in [0.29, 0.717) is 32.5 Å². The van der Waals surface area contributed by atoms with Crippen molar-refractivity contribution in [1.29, 1.82) is 0 Å². The molecule has 136 valence electrons. The van der Waals surface area contributed by atoms with Crippen molar-refractivity contribution in [1.82, 2.24) is 0 Å². The van der Waals surface area contributed by atoms with Crippen LogP contribution in [0.4, 0.5) is 0 Å².